The average molecular weight is 442 g/mol. The molecule has 3 aromatic rings. The van der Waals surface area contributed by atoms with Crippen molar-refractivity contribution in [3.8, 4) is 0 Å². The van der Waals surface area contributed by atoms with Gasteiger partial charge in [0, 0.05) is 40.8 Å². The van der Waals surface area contributed by atoms with Gasteiger partial charge in [0.25, 0.3) is 0 Å². The van der Waals surface area contributed by atoms with Gasteiger partial charge >= 0.3 is 5.97 Å². The van der Waals surface area contributed by atoms with Gasteiger partial charge in [-0.25, -0.2) is 18.0 Å². The van der Waals surface area contributed by atoms with Crippen molar-refractivity contribution < 1.29 is 23.1 Å². The van der Waals surface area contributed by atoms with Crippen molar-refractivity contribution in [2.45, 2.75) is 44.9 Å². The number of aromatic amines is 1. The number of rotatable bonds is 5. The van der Waals surface area contributed by atoms with Crippen LogP contribution in [0.25, 0.3) is 17.0 Å². The molecule has 0 bridgehead atoms. The van der Waals surface area contributed by atoms with Gasteiger partial charge in [0.1, 0.15) is 17.3 Å². The third-order valence-corrected chi connectivity index (χ3v) is 5.87. The van der Waals surface area contributed by atoms with Crippen molar-refractivity contribution in [3.63, 3.8) is 0 Å². The third kappa shape index (κ3) is 4.17. The Morgan fingerprint density at radius 3 is 2.53 bits per heavy atom. The molecular formula is C25H25F3N2O2. The highest BCUT2D eigenvalue weighted by Crippen LogP contribution is 2.43. The lowest BCUT2D eigenvalue weighted by atomic mass is 9.87. The maximum atomic E-state index is 15.3. The van der Waals surface area contributed by atoms with E-state index in [-0.39, 0.29) is 23.7 Å². The second kappa shape index (κ2) is 8.13. The number of fused-ring (bicyclic) bond motifs is 3. The van der Waals surface area contributed by atoms with Gasteiger partial charge in [-0.15, -0.1) is 0 Å². The number of benzene rings is 2. The number of nitrogens with one attached hydrogen (secondary N) is 1. The zero-order valence-corrected chi connectivity index (χ0v) is 18.1. The Morgan fingerprint density at radius 2 is 1.91 bits per heavy atom. The fourth-order valence-corrected chi connectivity index (χ4v) is 4.63. The van der Waals surface area contributed by atoms with Crippen molar-refractivity contribution in [1.82, 2.24) is 9.88 Å². The maximum absolute atomic E-state index is 15.3. The Hall–Kier alpha value is -3.06. The first kappa shape index (κ1) is 22.1. The van der Waals surface area contributed by atoms with E-state index in [1.807, 2.05) is 31.2 Å². The predicted molar refractivity (Wildman–Crippen MR) is 118 cm³/mol. The van der Waals surface area contributed by atoms with Crippen LogP contribution in [0.2, 0.25) is 0 Å². The lowest BCUT2D eigenvalue weighted by Gasteiger charge is -2.43. The molecule has 168 valence electrons. The van der Waals surface area contributed by atoms with Crippen LogP contribution < -0.4 is 0 Å². The standard InChI is InChI=1S/C25H25F3N2O2/c1-14-10-17-16-6-4-5-7-20(16)29-23(17)24(30(14)13-25(2,3)28)22-18(26)11-15(12-19(22)27)8-9-21(31)32/h4-9,11-12,14,24,29H,10,13H2,1-3H3,(H,31,32)/t14-,24?/m1/s1. The average Bonchev–Trinajstić information content (AvgIpc) is 3.05. The molecule has 1 unspecified atom stereocenters. The molecule has 2 aromatic carbocycles. The second-order valence-corrected chi connectivity index (χ2v) is 8.98. The van der Waals surface area contributed by atoms with Crippen LogP contribution in [0.4, 0.5) is 13.2 Å². The zero-order valence-electron chi connectivity index (χ0n) is 18.1. The van der Waals surface area contributed by atoms with Crippen LogP contribution in [0.1, 0.15) is 49.2 Å². The first-order chi connectivity index (χ1) is 15.0. The second-order valence-electron chi connectivity index (χ2n) is 8.98. The number of carbonyl (C=O) groups is 1. The Balaban J connectivity index is 1.92. The van der Waals surface area contributed by atoms with Gasteiger partial charge in [0.15, 0.2) is 0 Å². The van der Waals surface area contributed by atoms with E-state index in [0.717, 1.165) is 40.8 Å². The molecule has 0 fully saturated rings. The van der Waals surface area contributed by atoms with Crippen molar-refractivity contribution in [1.29, 1.82) is 0 Å². The monoisotopic (exact) mass is 442 g/mol. The molecule has 1 aliphatic heterocycles. The summed E-state index contributed by atoms with van der Waals surface area (Å²) >= 11 is 0. The first-order valence-corrected chi connectivity index (χ1v) is 10.5. The summed E-state index contributed by atoms with van der Waals surface area (Å²) in [6, 6.07) is 8.88. The van der Waals surface area contributed by atoms with Crippen molar-refractivity contribution in [3.05, 3.63) is 76.5 Å². The van der Waals surface area contributed by atoms with Crippen LogP contribution in [0.5, 0.6) is 0 Å². The fraction of sp³-hybridized carbons (Fsp3) is 0.320. The number of carboxylic acids is 1. The molecule has 0 saturated heterocycles. The van der Waals surface area contributed by atoms with Gasteiger partial charge in [0.2, 0.25) is 0 Å². The van der Waals surface area contributed by atoms with Crippen LogP contribution in [-0.2, 0) is 11.2 Å². The van der Waals surface area contributed by atoms with Crippen LogP contribution in [0.15, 0.2) is 42.5 Å². The Kier molecular flexibility index (Phi) is 5.63. The molecule has 0 aliphatic carbocycles. The number of nitrogens with zero attached hydrogens (tertiary/aromatic N) is 1. The van der Waals surface area contributed by atoms with Crippen molar-refractivity contribution in [2.75, 3.05) is 6.54 Å². The van der Waals surface area contributed by atoms with Gasteiger partial charge in [-0.2, -0.15) is 0 Å². The largest absolute Gasteiger partial charge is 0.478 e. The third-order valence-electron chi connectivity index (χ3n) is 5.87. The highest BCUT2D eigenvalue weighted by molar-refractivity contribution is 5.86. The lowest BCUT2D eigenvalue weighted by molar-refractivity contribution is -0.131. The normalized spacial score (nSPS) is 19.6. The number of hydrogen-bond acceptors (Lipinski definition) is 2. The van der Waals surface area contributed by atoms with Gasteiger partial charge in [0.05, 0.1) is 6.04 Å². The Bertz CT molecular complexity index is 1190. The predicted octanol–water partition coefficient (Wildman–Crippen LogP) is 5.63. The highest BCUT2D eigenvalue weighted by Gasteiger charge is 2.40. The number of aromatic nitrogens is 1. The number of H-pyrrole nitrogens is 1. The van der Waals surface area contributed by atoms with E-state index in [1.165, 1.54) is 13.8 Å². The van der Waals surface area contributed by atoms with Crippen LogP contribution in [-0.4, -0.2) is 39.2 Å². The molecule has 32 heavy (non-hydrogen) atoms. The van der Waals surface area contributed by atoms with Crippen molar-refractivity contribution >= 4 is 22.9 Å². The minimum atomic E-state index is -1.58. The molecule has 2 N–H and O–H groups in total. The van der Waals surface area contributed by atoms with Gasteiger partial charge in [-0.3, -0.25) is 4.90 Å². The number of carboxylic acid groups (broad SMARTS) is 1. The van der Waals surface area contributed by atoms with Crippen LogP contribution in [0.3, 0.4) is 0 Å². The van der Waals surface area contributed by atoms with E-state index < -0.39 is 29.3 Å². The molecule has 4 nitrogen and oxygen atoms in total. The lowest BCUT2D eigenvalue weighted by Crippen LogP contribution is -2.48. The molecular weight excluding hydrogens is 417 g/mol. The summed E-state index contributed by atoms with van der Waals surface area (Å²) < 4.78 is 45.4. The Labute approximate surface area is 184 Å². The smallest absolute Gasteiger partial charge is 0.328 e. The molecule has 0 spiro atoms. The SMILES string of the molecule is C[C@@H]1Cc2c([nH]c3ccccc23)C(c2c(F)cc(C=CC(=O)O)cc2F)N1CC(C)(C)F. The van der Waals surface area contributed by atoms with E-state index >= 15 is 8.78 Å². The zero-order chi connectivity index (χ0) is 23.2. The fourth-order valence-electron chi connectivity index (χ4n) is 4.63. The summed E-state index contributed by atoms with van der Waals surface area (Å²) in [6.45, 7) is 4.82. The number of aliphatic carboxylic acids is 1. The van der Waals surface area contributed by atoms with Gasteiger partial charge < -0.3 is 10.1 Å². The quantitative estimate of drug-likeness (QED) is 0.504. The molecule has 0 saturated carbocycles. The summed E-state index contributed by atoms with van der Waals surface area (Å²) in [4.78, 5) is 15.9. The number of halogens is 3. The minimum Gasteiger partial charge on any atom is -0.478 e. The molecule has 2 heterocycles. The number of para-hydroxylation sites is 1. The van der Waals surface area contributed by atoms with Gasteiger partial charge in [-0.1, -0.05) is 18.2 Å². The molecule has 2 atom stereocenters. The molecule has 1 aliphatic rings. The summed E-state index contributed by atoms with van der Waals surface area (Å²) in [5.74, 6) is -2.82. The number of alkyl halides is 1. The minimum absolute atomic E-state index is 0.00676. The Morgan fingerprint density at radius 1 is 1.25 bits per heavy atom. The topological polar surface area (TPSA) is 56.3 Å². The van der Waals surface area contributed by atoms with Crippen molar-refractivity contribution in [2.24, 2.45) is 0 Å². The highest BCUT2D eigenvalue weighted by atomic mass is 19.1. The number of hydrogen-bond donors (Lipinski definition) is 2. The van der Waals surface area contributed by atoms with E-state index in [9.17, 15) is 9.18 Å². The van der Waals surface area contributed by atoms with E-state index in [1.54, 1.807) is 4.90 Å². The molecule has 0 radical (unpaired) electrons. The van der Waals surface area contributed by atoms with E-state index in [4.69, 9.17) is 5.11 Å². The molecule has 4 rings (SSSR count). The molecule has 7 heteroatoms. The molecule has 1 aromatic heterocycles. The summed E-state index contributed by atoms with van der Waals surface area (Å²) in [7, 11) is 0. The van der Waals surface area contributed by atoms with E-state index in [2.05, 4.69) is 4.98 Å². The summed E-state index contributed by atoms with van der Waals surface area (Å²) in [6.07, 6.45) is 2.58. The van der Waals surface area contributed by atoms with Gasteiger partial charge in [-0.05, 0) is 62.6 Å². The van der Waals surface area contributed by atoms with Crippen LogP contribution in [0, 0.1) is 11.6 Å². The van der Waals surface area contributed by atoms with E-state index in [0.29, 0.717) is 12.1 Å². The summed E-state index contributed by atoms with van der Waals surface area (Å²) in [5.41, 5.74) is 0.829. The maximum Gasteiger partial charge on any atom is 0.328 e. The molecule has 0 amide bonds. The summed E-state index contributed by atoms with van der Waals surface area (Å²) in [5, 5.41) is 9.79. The first-order valence-electron chi connectivity index (χ1n) is 10.5. The van der Waals surface area contributed by atoms with Crippen LogP contribution >= 0.6 is 0 Å².